The fourth-order valence-electron chi connectivity index (χ4n) is 2.70. The molecular formula is C20H18O. The van der Waals surface area contributed by atoms with Gasteiger partial charge in [-0.3, -0.25) is 4.79 Å². The van der Waals surface area contributed by atoms with E-state index in [1.807, 2.05) is 48.5 Å². The molecule has 1 heteroatoms. The van der Waals surface area contributed by atoms with Gasteiger partial charge in [0.05, 0.1) is 0 Å². The van der Waals surface area contributed by atoms with Crippen LogP contribution in [0.2, 0.25) is 0 Å². The van der Waals surface area contributed by atoms with Crippen LogP contribution < -0.4 is 0 Å². The van der Waals surface area contributed by atoms with Crippen molar-refractivity contribution in [3.63, 3.8) is 0 Å². The Labute approximate surface area is 125 Å². The van der Waals surface area contributed by atoms with Crippen molar-refractivity contribution in [2.75, 3.05) is 0 Å². The van der Waals surface area contributed by atoms with Crippen molar-refractivity contribution >= 4 is 16.6 Å². The first-order chi connectivity index (χ1) is 10.3. The number of benzene rings is 3. The van der Waals surface area contributed by atoms with Crippen LogP contribution in [-0.4, -0.2) is 5.78 Å². The van der Waals surface area contributed by atoms with E-state index in [0.717, 1.165) is 29.2 Å². The molecule has 0 bridgehead atoms. The van der Waals surface area contributed by atoms with E-state index in [1.165, 1.54) is 5.56 Å². The molecule has 0 unspecified atom stereocenters. The van der Waals surface area contributed by atoms with E-state index >= 15 is 0 Å². The van der Waals surface area contributed by atoms with Crippen molar-refractivity contribution in [2.45, 2.75) is 19.3 Å². The monoisotopic (exact) mass is 274 g/mol. The number of rotatable bonds is 5. The average Bonchev–Trinajstić information content (AvgIpc) is 2.55. The highest BCUT2D eigenvalue weighted by Crippen LogP contribution is 2.20. The Morgan fingerprint density at radius 1 is 0.762 bits per heavy atom. The molecule has 0 atom stereocenters. The summed E-state index contributed by atoms with van der Waals surface area (Å²) in [5.74, 6) is 0.239. The Morgan fingerprint density at radius 2 is 1.48 bits per heavy atom. The van der Waals surface area contributed by atoms with Crippen LogP contribution in [0.15, 0.2) is 72.8 Å². The predicted molar refractivity (Wildman–Crippen MR) is 87.7 cm³/mol. The Bertz CT molecular complexity index is 739. The molecular weight excluding hydrogens is 256 g/mol. The standard InChI is InChI=1S/C20H18O/c21-20(15-6-10-16-8-2-1-3-9-16)19-14-7-12-17-11-4-5-13-18(17)19/h1-5,7-9,11-14H,6,10,15H2. The second-order valence-electron chi connectivity index (χ2n) is 5.29. The van der Waals surface area contributed by atoms with Gasteiger partial charge in [0.15, 0.2) is 5.78 Å². The van der Waals surface area contributed by atoms with Crippen molar-refractivity contribution in [1.29, 1.82) is 0 Å². The van der Waals surface area contributed by atoms with Gasteiger partial charge in [-0.15, -0.1) is 0 Å². The largest absolute Gasteiger partial charge is 0.294 e. The molecule has 0 aliphatic heterocycles. The van der Waals surface area contributed by atoms with E-state index < -0.39 is 0 Å². The summed E-state index contributed by atoms with van der Waals surface area (Å²) in [4.78, 5) is 12.4. The summed E-state index contributed by atoms with van der Waals surface area (Å²) in [7, 11) is 0. The van der Waals surface area contributed by atoms with E-state index in [9.17, 15) is 4.79 Å². The van der Waals surface area contributed by atoms with Crippen LogP contribution in [0.3, 0.4) is 0 Å². The van der Waals surface area contributed by atoms with Gasteiger partial charge in [0.25, 0.3) is 0 Å². The number of ketones is 1. The van der Waals surface area contributed by atoms with Crippen LogP contribution in [0.1, 0.15) is 28.8 Å². The summed E-state index contributed by atoms with van der Waals surface area (Å²) in [6.07, 6.45) is 2.45. The first kappa shape index (κ1) is 13.6. The van der Waals surface area contributed by atoms with Crippen LogP contribution in [0.5, 0.6) is 0 Å². The third-order valence-corrected chi connectivity index (χ3v) is 3.80. The predicted octanol–water partition coefficient (Wildman–Crippen LogP) is 5.05. The highest BCUT2D eigenvalue weighted by Gasteiger charge is 2.09. The molecule has 21 heavy (non-hydrogen) atoms. The Balaban J connectivity index is 1.70. The smallest absolute Gasteiger partial charge is 0.163 e. The number of hydrogen-bond donors (Lipinski definition) is 0. The summed E-state index contributed by atoms with van der Waals surface area (Å²) in [6, 6.07) is 24.4. The van der Waals surface area contributed by atoms with Crippen LogP contribution in [-0.2, 0) is 6.42 Å². The molecule has 0 saturated carbocycles. The third-order valence-electron chi connectivity index (χ3n) is 3.80. The van der Waals surface area contributed by atoms with Gasteiger partial charge in [0.1, 0.15) is 0 Å². The molecule has 1 nitrogen and oxygen atoms in total. The lowest BCUT2D eigenvalue weighted by Gasteiger charge is -2.06. The van der Waals surface area contributed by atoms with Crippen molar-refractivity contribution < 1.29 is 4.79 Å². The summed E-state index contributed by atoms with van der Waals surface area (Å²) < 4.78 is 0. The highest BCUT2D eigenvalue weighted by molar-refractivity contribution is 6.08. The molecule has 0 amide bonds. The zero-order valence-corrected chi connectivity index (χ0v) is 12.0. The molecule has 0 heterocycles. The maximum atomic E-state index is 12.4. The van der Waals surface area contributed by atoms with E-state index in [4.69, 9.17) is 0 Å². The fraction of sp³-hybridized carbons (Fsp3) is 0.150. The lowest BCUT2D eigenvalue weighted by atomic mass is 9.98. The molecule has 0 spiro atoms. The normalized spacial score (nSPS) is 10.7. The minimum atomic E-state index is 0.239. The van der Waals surface area contributed by atoms with E-state index in [2.05, 4.69) is 24.3 Å². The van der Waals surface area contributed by atoms with Gasteiger partial charge < -0.3 is 0 Å². The summed E-state index contributed by atoms with van der Waals surface area (Å²) in [5, 5.41) is 2.19. The molecule has 3 aromatic rings. The van der Waals surface area contributed by atoms with Crippen molar-refractivity contribution in [1.82, 2.24) is 0 Å². The molecule has 0 aliphatic rings. The SMILES string of the molecule is O=C(CCCc1ccccc1)c1cccc2ccccc12. The number of fused-ring (bicyclic) bond motifs is 1. The first-order valence-electron chi connectivity index (χ1n) is 7.39. The van der Waals surface area contributed by atoms with Crippen LogP contribution in [0.25, 0.3) is 10.8 Å². The number of hydrogen-bond acceptors (Lipinski definition) is 1. The van der Waals surface area contributed by atoms with Crippen molar-refractivity contribution in [3.8, 4) is 0 Å². The molecule has 0 fully saturated rings. The lowest BCUT2D eigenvalue weighted by molar-refractivity contribution is 0.0982. The Hall–Kier alpha value is -2.41. The summed E-state index contributed by atoms with van der Waals surface area (Å²) >= 11 is 0. The van der Waals surface area contributed by atoms with Gasteiger partial charge in [0, 0.05) is 12.0 Å². The van der Waals surface area contributed by atoms with Gasteiger partial charge in [-0.1, -0.05) is 72.8 Å². The Kier molecular flexibility index (Phi) is 4.11. The molecule has 0 saturated heterocycles. The molecule has 104 valence electrons. The minimum absolute atomic E-state index is 0.239. The summed E-state index contributed by atoms with van der Waals surface area (Å²) in [6.45, 7) is 0. The van der Waals surface area contributed by atoms with Crippen LogP contribution in [0.4, 0.5) is 0 Å². The summed E-state index contributed by atoms with van der Waals surface area (Å²) in [5.41, 5.74) is 2.14. The molecule has 0 N–H and O–H groups in total. The lowest BCUT2D eigenvalue weighted by Crippen LogP contribution is -2.01. The molecule has 3 aromatic carbocycles. The van der Waals surface area contributed by atoms with Crippen molar-refractivity contribution in [2.24, 2.45) is 0 Å². The third kappa shape index (κ3) is 3.19. The van der Waals surface area contributed by atoms with Gasteiger partial charge in [0.2, 0.25) is 0 Å². The van der Waals surface area contributed by atoms with Crippen LogP contribution >= 0.6 is 0 Å². The van der Waals surface area contributed by atoms with Gasteiger partial charge >= 0.3 is 0 Å². The number of carbonyl (C=O) groups is 1. The average molecular weight is 274 g/mol. The fourth-order valence-corrected chi connectivity index (χ4v) is 2.70. The van der Waals surface area contributed by atoms with Gasteiger partial charge in [-0.2, -0.15) is 0 Å². The molecule has 3 rings (SSSR count). The molecule has 0 aliphatic carbocycles. The highest BCUT2D eigenvalue weighted by atomic mass is 16.1. The second-order valence-corrected chi connectivity index (χ2v) is 5.29. The van der Waals surface area contributed by atoms with Crippen LogP contribution in [0, 0.1) is 0 Å². The van der Waals surface area contributed by atoms with Crippen molar-refractivity contribution in [3.05, 3.63) is 83.9 Å². The maximum Gasteiger partial charge on any atom is 0.163 e. The molecule has 0 aromatic heterocycles. The first-order valence-corrected chi connectivity index (χ1v) is 7.39. The quantitative estimate of drug-likeness (QED) is 0.595. The number of aryl methyl sites for hydroxylation is 1. The zero-order valence-electron chi connectivity index (χ0n) is 12.0. The zero-order chi connectivity index (χ0) is 14.5. The van der Waals surface area contributed by atoms with E-state index in [1.54, 1.807) is 0 Å². The van der Waals surface area contributed by atoms with Gasteiger partial charge in [-0.05, 0) is 29.2 Å². The van der Waals surface area contributed by atoms with Gasteiger partial charge in [-0.25, -0.2) is 0 Å². The topological polar surface area (TPSA) is 17.1 Å². The molecule has 0 radical (unpaired) electrons. The maximum absolute atomic E-state index is 12.4. The minimum Gasteiger partial charge on any atom is -0.294 e. The van der Waals surface area contributed by atoms with E-state index in [0.29, 0.717) is 6.42 Å². The van der Waals surface area contributed by atoms with E-state index in [-0.39, 0.29) is 5.78 Å². The number of Topliss-reactive ketones (excluding diaryl/α,β-unsaturated/α-hetero) is 1. The second kappa shape index (κ2) is 6.36. The number of carbonyl (C=O) groups excluding carboxylic acids is 1. The Morgan fingerprint density at radius 3 is 2.33 bits per heavy atom.